The summed E-state index contributed by atoms with van der Waals surface area (Å²) in [6.07, 6.45) is 1.43. The highest BCUT2D eigenvalue weighted by Crippen LogP contribution is 2.39. The third-order valence-corrected chi connectivity index (χ3v) is 7.22. The van der Waals surface area contributed by atoms with Crippen LogP contribution in [0.2, 0.25) is 0 Å². The number of rotatable bonds is 4. The Morgan fingerprint density at radius 2 is 1.77 bits per heavy atom. The molecule has 0 aliphatic rings. The average molecular weight is 522 g/mol. The lowest BCUT2D eigenvalue weighted by atomic mass is 9.93. The lowest BCUT2D eigenvalue weighted by Gasteiger charge is -2.15. The summed E-state index contributed by atoms with van der Waals surface area (Å²) >= 11 is 0. The van der Waals surface area contributed by atoms with Gasteiger partial charge in [-0.2, -0.15) is 0 Å². The molecule has 0 radical (unpaired) electrons. The molecule has 194 valence electrons. The van der Waals surface area contributed by atoms with Crippen molar-refractivity contribution in [2.45, 2.75) is 6.92 Å². The summed E-state index contributed by atoms with van der Waals surface area (Å²) in [4.78, 5) is 44.1. The first-order valence-corrected chi connectivity index (χ1v) is 12.3. The van der Waals surface area contributed by atoms with E-state index in [2.05, 4.69) is 4.98 Å². The molecule has 0 saturated heterocycles. The van der Waals surface area contributed by atoms with Crippen molar-refractivity contribution in [1.29, 1.82) is 0 Å². The molecular formula is C30H24FN5O3. The zero-order valence-electron chi connectivity index (χ0n) is 21.4. The second-order valence-corrected chi connectivity index (χ2v) is 9.69. The molecule has 3 aromatic heterocycles. The molecule has 8 nitrogen and oxygen atoms in total. The molecule has 0 unspecified atom stereocenters. The predicted octanol–water partition coefficient (Wildman–Crippen LogP) is 4.36. The van der Waals surface area contributed by atoms with E-state index >= 15 is 0 Å². The monoisotopic (exact) mass is 521 g/mol. The number of hydrogen-bond acceptors (Lipinski definition) is 4. The molecule has 0 atom stereocenters. The summed E-state index contributed by atoms with van der Waals surface area (Å²) in [5.41, 5.74) is 9.73. The molecule has 0 spiro atoms. The minimum Gasteiger partial charge on any atom is -0.378 e. The highest BCUT2D eigenvalue weighted by atomic mass is 19.1. The van der Waals surface area contributed by atoms with E-state index in [1.54, 1.807) is 18.2 Å². The Bertz CT molecular complexity index is 2100. The van der Waals surface area contributed by atoms with E-state index in [0.29, 0.717) is 22.3 Å². The number of aromatic nitrogens is 3. The van der Waals surface area contributed by atoms with Gasteiger partial charge in [0, 0.05) is 48.3 Å². The Balaban J connectivity index is 1.66. The van der Waals surface area contributed by atoms with E-state index in [9.17, 15) is 18.8 Å². The molecular weight excluding hydrogens is 497 g/mol. The number of anilines is 1. The fourth-order valence-electron chi connectivity index (χ4n) is 5.27. The second-order valence-electron chi connectivity index (χ2n) is 9.69. The normalized spacial score (nSPS) is 11.5. The number of nitrogens with zero attached hydrogens (tertiary/aromatic N) is 3. The number of fused-ring (bicyclic) bond motifs is 4. The number of amides is 1. The SMILES string of the molecule is Cc1c(-c2ccc(C(N)=O)c3[nH]c4cc(N(C)C)ccc4c23)cccc1-n1c(=O)cc2c(F)cccn2c1=O. The van der Waals surface area contributed by atoms with Crippen LogP contribution in [-0.2, 0) is 0 Å². The molecule has 6 aromatic rings. The van der Waals surface area contributed by atoms with Crippen LogP contribution < -0.4 is 21.9 Å². The van der Waals surface area contributed by atoms with E-state index in [1.165, 1.54) is 18.3 Å². The number of carbonyl (C=O) groups excluding carboxylic acids is 1. The molecule has 0 saturated carbocycles. The smallest absolute Gasteiger partial charge is 0.340 e. The van der Waals surface area contributed by atoms with Crippen LogP contribution in [0.5, 0.6) is 0 Å². The summed E-state index contributed by atoms with van der Waals surface area (Å²) in [6, 6.07) is 18.6. The van der Waals surface area contributed by atoms with E-state index < -0.39 is 23.0 Å². The summed E-state index contributed by atoms with van der Waals surface area (Å²) < 4.78 is 16.5. The molecule has 1 amide bonds. The zero-order valence-corrected chi connectivity index (χ0v) is 21.4. The molecule has 9 heteroatoms. The third kappa shape index (κ3) is 3.62. The summed E-state index contributed by atoms with van der Waals surface area (Å²) in [5, 5.41) is 1.70. The van der Waals surface area contributed by atoms with Crippen LogP contribution in [0.4, 0.5) is 10.1 Å². The number of aromatic amines is 1. The maximum atomic E-state index is 14.3. The van der Waals surface area contributed by atoms with E-state index in [4.69, 9.17) is 5.73 Å². The molecule has 3 N–H and O–H groups in total. The van der Waals surface area contributed by atoms with Crippen molar-refractivity contribution in [3.63, 3.8) is 0 Å². The number of carbonyl (C=O) groups is 1. The van der Waals surface area contributed by atoms with Crippen molar-refractivity contribution < 1.29 is 9.18 Å². The van der Waals surface area contributed by atoms with Gasteiger partial charge in [-0.05, 0) is 60.0 Å². The van der Waals surface area contributed by atoms with E-state index in [1.807, 2.05) is 56.3 Å². The number of nitrogens with one attached hydrogen (secondary N) is 1. The largest absolute Gasteiger partial charge is 0.378 e. The summed E-state index contributed by atoms with van der Waals surface area (Å²) in [5.74, 6) is -1.21. The highest BCUT2D eigenvalue weighted by molar-refractivity contribution is 6.20. The Morgan fingerprint density at radius 1 is 0.974 bits per heavy atom. The Morgan fingerprint density at radius 3 is 2.51 bits per heavy atom. The van der Waals surface area contributed by atoms with Gasteiger partial charge in [0.15, 0.2) is 0 Å². The number of benzene rings is 3. The molecule has 3 heterocycles. The Kier molecular flexibility index (Phi) is 5.39. The van der Waals surface area contributed by atoms with Gasteiger partial charge >= 0.3 is 5.69 Å². The molecule has 6 rings (SSSR count). The molecule has 3 aromatic carbocycles. The Hall–Kier alpha value is -5.18. The standard InChI is InChI=1S/C30H24FN5O3/c1-16-18(6-4-8-24(16)36-26(37)15-25-22(31)7-5-13-35(25)30(36)39)19-11-12-21(29(32)38)28-27(19)20-10-9-17(34(2)3)14-23(20)33-28/h4-15,33H,1-3H3,(H2,32,38). The van der Waals surface area contributed by atoms with Crippen LogP contribution in [0.1, 0.15) is 15.9 Å². The first kappa shape index (κ1) is 24.2. The molecule has 0 bridgehead atoms. The minimum atomic E-state index is -0.671. The van der Waals surface area contributed by atoms with Crippen molar-refractivity contribution >= 4 is 38.9 Å². The van der Waals surface area contributed by atoms with Gasteiger partial charge in [0.1, 0.15) is 5.82 Å². The van der Waals surface area contributed by atoms with Crippen molar-refractivity contribution in [3.8, 4) is 16.8 Å². The van der Waals surface area contributed by atoms with Gasteiger partial charge < -0.3 is 15.6 Å². The van der Waals surface area contributed by atoms with Gasteiger partial charge in [0.25, 0.3) is 11.5 Å². The summed E-state index contributed by atoms with van der Waals surface area (Å²) in [7, 11) is 3.90. The fraction of sp³-hybridized carbons (Fsp3) is 0.100. The van der Waals surface area contributed by atoms with E-state index in [-0.39, 0.29) is 5.52 Å². The zero-order chi connectivity index (χ0) is 27.6. The lowest BCUT2D eigenvalue weighted by Crippen LogP contribution is -2.36. The number of pyridine rings is 1. The Labute approximate surface area is 221 Å². The van der Waals surface area contributed by atoms with Crippen molar-refractivity contribution in [2.75, 3.05) is 19.0 Å². The quantitative estimate of drug-likeness (QED) is 0.360. The van der Waals surface area contributed by atoms with Crippen molar-refractivity contribution in [1.82, 2.24) is 14.0 Å². The van der Waals surface area contributed by atoms with Crippen molar-refractivity contribution in [3.05, 3.63) is 111 Å². The van der Waals surface area contributed by atoms with Crippen LogP contribution in [-0.4, -0.2) is 34.0 Å². The number of halogens is 1. The lowest BCUT2D eigenvalue weighted by molar-refractivity contribution is 0.100. The minimum absolute atomic E-state index is 0.0859. The van der Waals surface area contributed by atoms with Crippen molar-refractivity contribution in [2.24, 2.45) is 5.73 Å². The fourth-order valence-corrected chi connectivity index (χ4v) is 5.27. The first-order valence-electron chi connectivity index (χ1n) is 12.3. The number of hydrogen-bond donors (Lipinski definition) is 2. The molecule has 39 heavy (non-hydrogen) atoms. The molecule has 0 fully saturated rings. The van der Waals surface area contributed by atoms with Gasteiger partial charge in [0.2, 0.25) is 0 Å². The maximum absolute atomic E-state index is 14.3. The first-order chi connectivity index (χ1) is 18.7. The maximum Gasteiger partial charge on any atom is 0.340 e. The van der Waals surface area contributed by atoms with Gasteiger partial charge in [-0.15, -0.1) is 0 Å². The molecule has 0 aliphatic carbocycles. The van der Waals surface area contributed by atoms with Crippen LogP contribution in [0.15, 0.2) is 82.5 Å². The topological polar surface area (TPSA) is 106 Å². The van der Waals surface area contributed by atoms with Crippen LogP contribution in [0.3, 0.4) is 0 Å². The van der Waals surface area contributed by atoms with Gasteiger partial charge in [0.05, 0.1) is 22.3 Å². The third-order valence-electron chi connectivity index (χ3n) is 7.22. The average Bonchev–Trinajstić information content (AvgIpc) is 3.28. The van der Waals surface area contributed by atoms with Gasteiger partial charge in [-0.3, -0.25) is 14.0 Å². The summed E-state index contributed by atoms with van der Waals surface area (Å²) in [6.45, 7) is 1.82. The number of H-pyrrole nitrogens is 1. The van der Waals surface area contributed by atoms with Crippen LogP contribution in [0, 0.1) is 12.7 Å². The highest BCUT2D eigenvalue weighted by Gasteiger charge is 2.20. The molecule has 0 aliphatic heterocycles. The second kappa shape index (κ2) is 8.70. The van der Waals surface area contributed by atoms with Gasteiger partial charge in [-0.25, -0.2) is 13.8 Å². The van der Waals surface area contributed by atoms with E-state index in [0.717, 1.165) is 48.1 Å². The van der Waals surface area contributed by atoms with Crippen LogP contribution >= 0.6 is 0 Å². The number of primary amides is 1. The van der Waals surface area contributed by atoms with Gasteiger partial charge in [-0.1, -0.05) is 24.3 Å². The van der Waals surface area contributed by atoms with Crippen LogP contribution in [0.25, 0.3) is 44.1 Å². The number of nitrogens with two attached hydrogens (primary N) is 1. The predicted molar refractivity (Wildman–Crippen MR) is 152 cm³/mol.